The van der Waals surface area contributed by atoms with E-state index in [9.17, 15) is 0 Å². The predicted octanol–water partition coefficient (Wildman–Crippen LogP) is 6.37. The molecule has 4 aromatic rings. The third-order valence-corrected chi connectivity index (χ3v) is 6.02. The number of ether oxygens (including phenoxy) is 1. The standard InChI is InChI=1S/C25H23ClN2OS/c26-22-10-6-19(7-11-22)14-15-27-17-25-28-16-24(30-25)21-8-12-23(13-9-21)29-18-20-4-2-1-3-5-20/h1-13,16,27H,14-15,17-18H2. The van der Waals surface area contributed by atoms with Crippen molar-refractivity contribution >= 4 is 22.9 Å². The molecule has 0 amide bonds. The molecule has 0 unspecified atom stereocenters. The minimum absolute atomic E-state index is 0.576. The summed E-state index contributed by atoms with van der Waals surface area (Å²) in [6.07, 6.45) is 2.92. The van der Waals surface area contributed by atoms with Crippen molar-refractivity contribution < 1.29 is 4.74 Å². The molecule has 3 aromatic carbocycles. The van der Waals surface area contributed by atoms with Gasteiger partial charge >= 0.3 is 0 Å². The molecule has 0 radical (unpaired) electrons. The number of nitrogens with one attached hydrogen (secondary N) is 1. The molecule has 0 aliphatic carbocycles. The van der Waals surface area contributed by atoms with E-state index in [1.165, 1.54) is 10.4 Å². The van der Waals surface area contributed by atoms with Crippen LogP contribution in [0.5, 0.6) is 5.75 Å². The van der Waals surface area contributed by atoms with Gasteiger partial charge in [-0.05, 0) is 66.1 Å². The number of rotatable bonds is 9. The highest BCUT2D eigenvalue weighted by Gasteiger charge is 2.05. The molecular weight excluding hydrogens is 412 g/mol. The van der Waals surface area contributed by atoms with Gasteiger partial charge in [-0.3, -0.25) is 0 Å². The van der Waals surface area contributed by atoms with E-state index in [0.29, 0.717) is 6.61 Å². The Balaban J connectivity index is 1.25. The van der Waals surface area contributed by atoms with Crippen LogP contribution in [0.25, 0.3) is 10.4 Å². The second-order valence-electron chi connectivity index (χ2n) is 6.97. The van der Waals surface area contributed by atoms with Crippen LogP contribution in [-0.2, 0) is 19.6 Å². The molecule has 4 rings (SSSR count). The molecule has 0 aliphatic rings. The molecule has 1 heterocycles. The predicted molar refractivity (Wildman–Crippen MR) is 125 cm³/mol. The maximum atomic E-state index is 5.93. The van der Waals surface area contributed by atoms with E-state index in [-0.39, 0.29) is 0 Å². The average molecular weight is 435 g/mol. The summed E-state index contributed by atoms with van der Waals surface area (Å²) in [7, 11) is 0. The lowest BCUT2D eigenvalue weighted by Gasteiger charge is -2.06. The van der Waals surface area contributed by atoms with Crippen LogP contribution >= 0.6 is 22.9 Å². The molecule has 0 bridgehead atoms. The van der Waals surface area contributed by atoms with Crippen LogP contribution in [0.4, 0.5) is 0 Å². The van der Waals surface area contributed by atoms with E-state index in [2.05, 4.69) is 46.7 Å². The van der Waals surface area contributed by atoms with E-state index in [1.807, 2.05) is 48.7 Å². The van der Waals surface area contributed by atoms with Crippen molar-refractivity contribution in [3.63, 3.8) is 0 Å². The lowest BCUT2D eigenvalue weighted by atomic mass is 10.1. The fraction of sp³-hybridized carbons (Fsp3) is 0.160. The molecule has 1 N–H and O–H groups in total. The molecule has 0 spiro atoms. The third-order valence-electron chi connectivity index (χ3n) is 4.72. The van der Waals surface area contributed by atoms with Gasteiger partial charge in [-0.25, -0.2) is 4.98 Å². The summed E-state index contributed by atoms with van der Waals surface area (Å²) in [6, 6.07) is 26.4. The van der Waals surface area contributed by atoms with E-state index in [4.69, 9.17) is 16.3 Å². The highest BCUT2D eigenvalue weighted by molar-refractivity contribution is 7.15. The molecule has 0 atom stereocenters. The fourth-order valence-electron chi connectivity index (χ4n) is 3.06. The van der Waals surface area contributed by atoms with E-state index < -0.39 is 0 Å². The number of benzene rings is 3. The van der Waals surface area contributed by atoms with Crippen LogP contribution in [0.15, 0.2) is 85.1 Å². The number of aromatic nitrogens is 1. The zero-order valence-electron chi connectivity index (χ0n) is 16.6. The second kappa shape index (κ2) is 10.4. The van der Waals surface area contributed by atoms with Crippen molar-refractivity contribution in [1.82, 2.24) is 10.3 Å². The monoisotopic (exact) mass is 434 g/mol. The Morgan fingerprint density at radius 2 is 1.63 bits per heavy atom. The Hall–Kier alpha value is -2.66. The van der Waals surface area contributed by atoms with Gasteiger partial charge in [0, 0.05) is 17.8 Å². The van der Waals surface area contributed by atoms with Gasteiger partial charge in [0.05, 0.1) is 4.88 Å². The lowest BCUT2D eigenvalue weighted by Crippen LogP contribution is -2.16. The van der Waals surface area contributed by atoms with Gasteiger partial charge in [-0.15, -0.1) is 11.3 Å². The summed E-state index contributed by atoms with van der Waals surface area (Å²) >= 11 is 7.64. The molecule has 152 valence electrons. The van der Waals surface area contributed by atoms with Crippen LogP contribution in [0.3, 0.4) is 0 Å². The number of halogens is 1. The van der Waals surface area contributed by atoms with Crippen molar-refractivity contribution in [3.8, 4) is 16.2 Å². The van der Waals surface area contributed by atoms with Crippen molar-refractivity contribution in [2.24, 2.45) is 0 Å². The molecule has 0 saturated heterocycles. The third kappa shape index (κ3) is 5.92. The highest BCUT2D eigenvalue weighted by atomic mass is 35.5. The van der Waals surface area contributed by atoms with Crippen LogP contribution < -0.4 is 10.1 Å². The summed E-state index contributed by atoms with van der Waals surface area (Å²) in [5.74, 6) is 0.871. The summed E-state index contributed by atoms with van der Waals surface area (Å²) < 4.78 is 5.87. The van der Waals surface area contributed by atoms with Crippen molar-refractivity contribution in [2.75, 3.05) is 6.54 Å². The van der Waals surface area contributed by atoms with Gasteiger partial charge in [0.2, 0.25) is 0 Å². The topological polar surface area (TPSA) is 34.2 Å². The van der Waals surface area contributed by atoms with Gasteiger partial charge in [-0.2, -0.15) is 0 Å². The van der Waals surface area contributed by atoms with Crippen LogP contribution in [0.1, 0.15) is 16.1 Å². The Morgan fingerprint density at radius 1 is 0.867 bits per heavy atom. The molecule has 1 aromatic heterocycles. The minimum atomic E-state index is 0.576. The van der Waals surface area contributed by atoms with E-state index in [1.54, 1.807) is 11.3 Å². The molecule has 30 heavy (non-hydrogen) atoms. The zero-order chi connectivity index (χ0) is 20.6. The van der Waals surface area contributed by atoms with Gasteiger partial charge in [0.1, 0.15) is 17.4 Å². The summed E-state index contributed by atoms with van der Waals surface area (Å²) in [6.45, 7) is 2.26. The van der Waals surface area contributed by atoms with Crippen LogP contribution in [0.2, 0.25) is 5.02 Å². The lowest BCUT2D eigenvalue weighted by molar-refractivity contribution is 0.306. The zero-order valence-corrected chi connectivity index (χ0v) is 18.1. The molecule has 3 nitrogen and oxygen atoms in total. The first kappa shape index (κ1) is 20.6. The van der Waals surface area contributed by atoms with Crippen molar-refractivity contribution in [2.45, 2.75) is 19.6 Å². The highest BCUT2D eigenvalue weighted by Crippen LogP contribution is 2.28. The first-order valence-corrected chi connectivity index (χ1v) is 11.1. The summed E-state index contributed by atoms with van der Waals surface area (Å²) in [4.78, 5) is 5.72. The molecule has 0 aliphatic heterocycles. The number of nitrogens with zero attached hydrogens (tertiary/aromatic N) is 1. The fourth-order valence-corrected chi connectivity index (χ4v) is 4.08. The second-order valence-corrected chi connectivity index (χ2v) is 8.52. The number of thiazole rings is 1. The van der Waals surface area contributed by atoms with Gasteiger partial charge in [-0.1, -0.05) is 54.1 Å². The Morgan fingerprint density at radius 3 is 2.40 bits per heavy atom. The smallest absolute Gasteiger partial charge is 0.119 e. The number of hydrogen-bond donors (Lipinski definition) is 1. The minimum Gasteiger partial charge on any atom is -0.489 e. The van der Waals surface area contributed by atoms with Crippen LogP contribution in [-0.4, -0.2) is 11.5 Å². The largest absolute Gasteiger partial charge is 0.489 e. The Kier molecular flexibility index (Phi) is 7.14. The SMILES string of the molecule is Clc1ccc(CCNCc2ncc(-c3ccc(OCc4ccccc4)cc3)s2)cc1. The molecule has 0 saturated carbocycles. The van der Waals surface area contributed by atoms with E-state index in [0.717, 1.165) is 46.4 Å². The number of hydrogen-bond acceptors (Lipinski definition) is 4. The maximum Gasteiger partial charge on any atom is 0.119 e. The van der Waals surface area contributed by atoms with E-state index >= 15 is 0 Å². The Bertz CT molecular complexity index is 1050. The van der Waals surface area contributed by atoms with Gasteiger partial charge in [0.25, 0.3) is 0 Å². The molecular formula is C25H23ClN2OS. The Labute approximate surface area is 186 Å². The van der Waals surface area contributed by atoms with Gasteiger partial charge < -0.3 is 10.1 Å². The van der Waals surface area contributed by atoms with Crippen LogP contribution in [0, 0.1) is 0 Å². The summed E-state index contributed by atoms with van der Waals surface area (Å²) in [5, 5.41) is 5.33. The first-order chi connectivity index (χ1) is 14.8. The molecule has 0 fully saturated rings. The molecule has 5 heteroatoms. The maximum absolute atomic E-state index is 5.93. The van der Waals surface area contributed by atoms with Gasteiger partial charge in [0.15, 0.2) is 0 Å². The first-order valence-electron chi connectivity index (χ1n) is 9.93. The van der Waals surface area contributed by atoms with Crippen molar-refractivity contribution in [1.29, 1.82) is 0 Å². The van der Waals surface area contributed by atoms with Crippen molar-refractivity contribution in [3.05, 3.63) is 106 Å². The quantitative estimate of drug-likeness (QED) is 0.310. The normalized spacial score (nSPS) is 10.8. The summed E-state index contributed by atoms with van der Waals surface area (Å²) in [5.41, 5.74) is 3.60. The average Bonchev–Trinajstić information content (AvgIpc) is 3.27.